The number of amides is 1. The molecule has 2 aliphatic heterocycles. The monoisotopic (exact) mass is 269 g/mol. The molecule has 0 saturated carbocycles. The Morgan fingerprint density at radius 2 is 1.68 bits per heavy atom. The van der Waals surface area contributed by atoms with Crippen LogP contribution in [0.25, 0.3) is 0 Å². The molecule has 0 radical (unpaired) electrons. The van der Waals surface area contributed by atoms with Crippen LogP contribution in [0.15, 0.2) is 0 Å². The number of nitrogens with one attached hydrogen (secondary N) is 1. The number of hydrogen-bond donors (Lipinski definition) is 2. The lowest BCUT2D eigenvalue weighted by atomic mass is 10.1. The Labute approximate surface area is 115 Å². The number of hydrogen-bond acceptors (Lipinski definition) is 4. The molecular weight excluding hydrogens is 242 g/mol. The molecule has 0 aromatic rings. The first-order chi connectivity index (χ1) is 9.25. The SMILES string of the molecule is O=C(CNCC(O)CN1CCCC1)N1CCCCC1. The van der Waals surface area contributed by atoms with E-state index in [-0.39, 0.29) is 12.0 Å². The van der Waals surface area contributed by atoms with Gasteiger partial charge >= 0.3 is 0 Å². The van der Waals surface area contributed by atoms with Crippen LogP contribution in [0.5, 0.6) is 0 Å². The maximum Gasteiger partial charge on any atom is 0.236 e. The van der Waals surface area contributed by atoms with E-state index in [2.05, 4.69) is 10.2 Å². The second kappa shape index (κ2) is 7.82. The number of piperidine rings is 1. The van der Waals surface area contributed by atoms with Gasteiger partial charge in [-0.1, -0.05) is 0 Å². The van der Waals surface area contributed by atoms with Crippen LogP contribution >= 0.6 is 0 Å². The molecule has 110 valence electrons. The van der Waals surface area contributed by atoms with Crippen LogP contribution in [0.2, 0.25) is 0 Å². The molecule has 2 aliphatic rings. The topological polar surface area (TPSA) is 55.8 Å². The van der Waals surface area contributed by atoms with E-state index in [4.69, 9.17) is 0 Å². The van der Waals surface area contributed by atoms with Crippen molar-refractivity contribution < 1.29 is 9.90 Å². The number of aliphatic hydroxyl groups excluding tert-OH is 1. The van der Waals surface area contributed by atoms with Gasteiger partial charge in [0.05, 0.1) is 12.6 Å². The zero-order valence-electron chi connectivity index (χ0n) is 11.8. The molecule has 1 amide bonds. The van der Waals surface area contributed by atoms with E-state index >= 15 is 0 Å². The zero-order valence-corrected chi connectivity index (χ0v) is 11.8. The van der Waals surface area contributed by atoms with Gasteiger partial charge < -0.3 is 20.2 Å². The number of carbonyl (C=O) groups excluding carboxylic acids is 1. The smallest absolute Gasteiger partial charge is 0.236 e. The molecule has 2 fully saturated rings. The maximum atomic E-state index is 11.9. The molecule has 0 aromatic heterocycles. The fraction of sp³-hybridized carbons (Fsp3) is 0.929. The van der Waals surface area contributed by atoms with E-state index in [1.165, 1.54) is 19.3 Å². The van der Waals surface area contributed by atoms with Crippen molar-refractivity contribution in [3.8, 4) is 0 Å². The van der Waals surface area contributed by atoms with Crippen molar-refractivity contribution >= 4 is 5.91 Å². The van der Waals surface area contributed by atoms with Crippen LogP contribution < -0.4 is 5.32 Å². The molecular formula is C14H27N3O2. The van der Waals surface area contributed by atoms with Crippen molar-refractivity contribution in [3.63, 3.8) is 0 Å². The van der Waals surface area contributed by atoms with Crippen LogP contribution in [-0.2, 0) is 4.79 Å². The Hall–Kier alpha value is -0.650. The minimum absolute atomic E-state index is 0.174. The van der Waals surface area contributed by atoms with E-state index in [1.807, 2.05) is 4.90 Å². The van der Waals surface area contributed by atoms with Gasteiger partial charge in [0.2, 0.25) is 5.91 Å². The summed E-state index contributed by atoms with van der Waals surface area (Å²) in [6.07, 6.45) is 5.62. The lowest BCUT2D eigenvalue weighted by Crippen LogP contribution is -2.44. The van der Waals surface area contributed by atoms with Crippen LogP contribution in [0.1, 0.15) is 32.1 Å². The predicted molar refractivity (Wildman–Crippen MR) is 75.0 cm³/mol. The Morgan fingerprint density at radius 1 is 1.05 bits per heavy atom. The molecule has 5 nitrogen and oxygen atoms in total. The summed E-state index contributed by atoms with van der Waals surface area (Å²) in [7, 11) is 0. The zero-order chi connectivity index (χ0) is 13.5. The Kier molecular flexibility index (Phi) is 6.07. The number of rotatable bonds is 6. The first kappa shape index (κ1) is 14.8. The highest BCUT2D eigenvalue weighted by Crippen LogP contribution is 2.08. The molecule has 19 heavy (non-hydrogen) atoms. The van der Waals surface area contributed by atoms with E-state index in [0.29, 0.717) is 13.1 Å². The fourth-order valence-electron chi connectivity index (χ4n) is 2.93. The summed E-state index contributed by atoms with van der Waals surface area (Å²) in [5, 5.41) is 13.0. The number of likely N-dealkylation sites (tertiary alicyclic amines) is 2. The van der Waals surface area contributed by atoms with Crippen molar-refractivity contribution in [2.45, 2.75) is 38.2 Å². The standard InChI is InChI=1S/C14H27N3O2/c18-13(12-16-6-4-5-7-16)10-15-11-14(19)17-8-2-1-3-9-17/h13,15,18H,1-12H2. The molecule has 0 spiro atoms. The second-order valence-electron chi connectivity index (χ2n) is 5.73. The largest absolute Gasteiger partial charge is 0.390 e. The number of β-amino-alcohol motifs (C(OH)–C–C–N with tert-alkyl or cyclic N) is 1. The Morgan fingerprint density at radius 3 is 2.37 bits per heavy atom. The minimum Gasteiger partial charge on any atom is -0.390 e. The summed E-state index contributed by atoms with van der Waals surface area (Å²) in [6.45, 7) is 5.60. The molecule has 0 bridgehead atoms. The molecule has 0 aliphatic carbocycles. The van der Waals surface area contributed by atoms with Crippen molar-refractivity contribution in [1.82, 2.24) is 15.1 Å². The summed E-state index contributed by atoms with van der Waals surface area (Å²) < 4.78 is 0. The second-order valence-corrected chi connectivity index (χ2v) is 5.73. The summed E-state index contributed by atoms with van der Waals surface area (Å²) >= 11 is 0. The van der Waals surface area contributed by atoms with Gasteiger partial charge in [-0.05, 0) is 45.2 Å². The average Bonchev–Trinajstić information content (AvgIpc) is 2.92. The summed E-state index contributed by atoms with van der Waals surface area (Å²) in [4.78, 5) is 16.1. The quantitative estimate of drug-likeness (QED) is 0.715. The molecule has 2 saturated heterocycles. The Bertz CT molecular complexity index is 274. The van der Waals surface area contributed by atoms with Gasteiger partial charge in [0, 0.05) is 26.2 Å². The summed E-state index contributed by atoms with van der Waals surface area (Å²) in [5.74, 6) is 0.174. The van der Waals surface area contributed by atoms with Crippen LogP contribution in [-0.4, -0.2) is 72.7 Å². The van der Waals surface area contributed by atoms with Gasteiger partial charge in [-0.3, -0.25) is 4.79 Å². The molecule has 2 rings (SSSR count). The van der Waals surface area contributed by atoms with E-state index < -0.39 is 0 Å². The highest BCUT2D eigenvalue weighted by Gasteiger charge is 2.18. The third-order valence-electron chi connectivity index (χ3n) is 4.03. The van der Waals surface area contributed by atoms with Gasteiger partial charge in [-0.15, -0.1) is 0 Å². The first-order valence-electron chi connectivity index (χ1n) is 7.64. The lowest BCUT2D eigenvalue weighted by molar-refractivity contribution is -0.131. The molecule has 1 unspecified atom stereocenters. The molecule has 2 heterocycles. The molecule has 5 heteroatoms. The van der Waals surface area contributed by atoms with Crippen LogP contribution in [0, 0.1) is 0 Å². The first-order valence-corrected chi connectivity index (χ1v) is 7.64. The highest BCUT2D eigenvalue weighted by atomic mass is 16.3. The number of aliphatic hydroxyl groups is 1. The van der Waals surface area contributed by atoms with Crippen LogP contribution in [0.3, 0.4) is 0 Å². The predicted octanol–water partition coefficient (Wildman–Crippen LogP) is 0.0452. The molecule has 1 atom stereocenters. The Balaban J connectivity index is 1.55. The number of nitrogens with zero attached hydrogens (tertiary/aromatic N) is 2. The van der Waals surface area contributed by atoms with E-state index in [9.17, 15) is 9.90 Å². The molecule has 2 N–H and O–H groups in total. The van der Waals surface area contributed by atoms with Crippen molar-refractivity contribution in [3.05, 3.63) is 0 Å². The van der Waals surface area contributed by atoms with Crippen molar-refractivity contribution in [2.24, 2.45) is 0 Å². The fourth-order valence-corrected chi connectivity index (χ4v) is 2.93. The minimum atomic E-state index is -0.368. The van der Waals surface area contributed by atoms with Gasteiger partial charge in [-0.2, -0.15) is 0 Å². The van der Waals surface area contributed by atoms with Gasteiger partial charge in [0.1, 0.15) is 0 Å². The summed E-state index contributed by atoms with van der Waals surface area (Å²) in [6, 6.07) is 0. The highest BCUT2D eigenvalue weighted by molar-refractivity contribution is 5.78. The van der Waals surface area contributed by atoms with Crippen LogP contribution in [0.4, 0.5) is 0 Å². The third-order valence-corrected chi connectivity index (χ3v) is 4.03. The lowest BCUT2D eigenvalue weighted by Gasteiger charge is -2.27. The maximum absolute atomic E-state index is 11.9. The molecule has 0 aromatic carbocycles. The average molecular weight is 269 g/mol. The van der Waals surface area contributed by atoms with Crippen molar-refractivity contribution in [1.29, 1.82) is 0 Å². The summed E-state index contributed by atoms with van der Waals surface area (Å²) in [5.41, 5.74) is 0. The normalized spacial score (nSPS) is 22.7. The van der Waals surface area contributed by atoms with Gasteiger partial charge in [0.25, 0.3) is 0 Å². The number of carbonyl (C=O) groups is 1. The van der Waals surface area contributed by atoms with E-state index in [0.717, 1.165) is 45.6 Å². The van der Waals surface area contributed by atoms with E-state index in [1.54, 1.807) is 0 Å². The third kappa shape index (κ3) is 5.09. The van der Waals surface area contributed by atoms with Gasteiger partial charge in [-0.25, -0.2) is 0 Å². The van der Waals surface area contributed by atoms with Gasteiger partial charge in [0.15, 0.2) is 0 Å². The van der Waals surface area contributed by atoms with Crippen molar-refractivity contribution in [2.75, 3.05) is 45.8 Å².